The van der Waals surface area contributed by atoms with E-state index < -0.39 is 0 Å². The predicted octanol–water partition coefficient (Wildman–Crippen LogP) is 3.92. The lowest BCUT2D eigenvalue weighted by Gasteiger charge is -2.21. The van der Waals surface area contributed by atoms with E-state index in [4.69, 9.17) is 0 Å². The Morgan fingerprint density at radius 2 is 2.00 bits per heavy atom. The maximum absolute atomic E-state index is 4.24. The maximum atomic E-state index is 4.24. The normalized spacial score (nSPS) is 17.2. The van der Waals surface area contributed by atoms with Crippen LogP contribution in [0.1, 0.15) is 38.2 Å². The molecule has 2 aromatic rings. The van der Waals surface area contributed by atoms with Crippen molar-refractivity contribution < 1.29 is 0 Å². The molecule has 0 radical (unpaired) electrons. The van der Waals surface area contributed by atoms with Gasteiger partial charge in [0, 0.05) is 24.1 Å². The quantitative estimate of drug-likeness (QED) is 0.891. The molecule has 0 bridgehead atoms. The summed E-state index contributed by atoms with van der Waals surface area (Å²) in [5, 5.41) is 7.88. The summed E-state index contributed by atoms with van der Waals surface area (Å²) in [7, 11) is 0. The highest BCUT2D eigenvalue weighted by molar-refractivity contribution is 5.45. The standard InChI is InChI=1S/C17H23N3/c1-14(16-5-2-3-6-16)19-17-9-7-15(8-10-17)13-20-12-4-11-18-20/h4,7-12,14,16,19H,2-3,5-6,13H2,1H3. The van der Waals surface area contributed by atoms with Crippen LogP contribution in [-0.2, 0) is 6.54 Å². The summed E-state index contributed by atoms with van der Waals surface area (Å²) in [6.07, 6.45) is 9.38. The van der Waals surface area contributed by atoms with Crippen LogP contribution in [-0.4, -0.2) is 15.8 Å². The summed E-state index contributed by atoms with van der Waals surface area (Å²) in [6, 6.07) is 11.3. The van der Waals surface area contributed by atoms with Gasteiger partial charge in [-0.2, -0.15) is 5.10 Å². The average Bonchev–Trinajstić information content (AvgIpc) is 3.13. The van der Waals surface area contributed by atoms with Crippen LogP contribution < -0.4 is 5.32 Å². The van der Waals surface area contributed by atoms with Crippen molar-refractivity contribution in [2.24, 2.45) is 5.92 Å². The van der Waals surface area contributed by atoms with Crippen LogP contribution in [0.5, 0.6) is 0 Å². The highest BCUT2D eigenvalue weighted by Crippen LogP contribution is 2.29. The molecule has 3 nitrogen and oxygen atoms in total. The number of benzene rings is 1. The molecule has 1 aliphatic rings. The van der Waals surface area contributed by atoms with Crippen molar-refractivity contribution in [2.75, 3.05) is 5.32 Å². The lowest BCUT2D eigenvalue weighted by atomic mass is 9.99. The SMILES string of the molecule is CC(Nc1ccc(Cn2cccn2)cc1)C1CCCC1. The monoisotopic (exact) mass is 269 g/mol. The number of rotatable bonds is 5. The van der Waals surface area contributed by atoms with Crippen LogP contribution in [0.2, 0.25) is 0 Å². The fourth-order valence-corrected chi connectivity index (χ4v) is 3.13. The molecular formula is C17H23N3. The molecule has 0 spiro atoms. The predicted molar refractivity (Wildman–Crippen MR) is 82.8 cm³/mol. The molecule has 0 amide bonds. The zero-order valence-electron chi connectivity index (χ0n) is 12.1. The van der Waals surface area contributed by atoms with E-state index in [1.165, 1.54) is 36.9 Å². The number of nitrogens with zero attached hydrogens (tertiary/aromatic N) is 2. The second kappa shape index (κ2) is 6.12. The average molecular weight is 269 g/mol. The van der Waals surface area contributed by atoms with Crippen LogP contribution >= 0.6 is 0 Å². The number of nitrogens with one attached hydrogen (secondary N) is 1. The van der Waals surface area contributed by atoms with Crippen molar-refractivity contribution in [2.45, 2.75) is 45.2 Å². The van der Waals surface area contributed by atoms with E-state index in [9.17, 15) is 0 Å². The third-order valence-corrected chi connectivity index (χ3v) is 4.36. The Bertz CT molecular complexity index is 510. The van der Waals surface area contributed by atoms with Crippen LogP contribution in [0.25, 0.3) is 0 Å². The highest BCUT2D eigenvalue weighted by Gasteiger charge is 2.21. The Morgan fingerprint density at radius 3 is 2.65 bits per heavy atom. The van der Waals surface area contributed by atoms with E-state index in [1.54, 1.807) is 0 Å². The van der Waals surface area contributed by atoms with Gasteiger partial charge in [0.25, 0.3) is 0 Å². The molecule has 3 heteroatoms. The summed E-state index contributed by atoms with van der Waals surface area (Å²) in [5.74, 6) is 0.846. The molecule has 3 rings (SSSR count). The molecule has 1 aliphatic carbocycles. The Kier molecular flexibility index (Phi) is 4.05. The van der Waals surface area contributed by atoms with Crippen molar-refractivity contribution in [3.63, 3.8) is 0 Å². The maximum Gasteiger partial charge on any atom is 0.0659 e. The molecule has 106 valence electrons. The Morgan fingerprint density at radius 1 is 1.25 bits per heavy atom. The topological polar surface area (TPSA) is 29.9 Å². The molecular weight excluding hydrogens is 246 g/mol. The molecule has 20 heavy (non-hydrogen) atoms. The smallest absolute Gasteiger partial charge is 0.0659 e. The van der Waals surface area contributed by atoms with Gasteiger partial charge < -0.3 is 5.32 Å². The first-order valence-electron chi connectivity index (χ1n) is 7.64. The third-order valence-electron chi connectivity index (χ3n) is 4.36. The summed E-state index contributed by atoms with van der Waals surface area (Å²) in [4.78, 5) is 0. The molecule has 1 N–H and O–H groups in total. The Balaban J connectivity index is 1.58. The molecule has 1 unspecified atom stereocenters. The minimum Gasteiger partial charge on any atom is -0.382 e. The van der Waals surface area contributed by atoms with Crippen molar-refractivity contribution in [1.82, 2.24) is 9.78 Å². The molecule has 0 saturated heterocycles. The van der Waals surface area contributed by atoms with Gasteiger partial charge in [-0.25, -0.2) is 0 Å². The summed E-state index contributed by atoms with van der Waals surface area (Å²) >= 11 is 0. The van der Waals surface area contributed by atoms with Gasteiger partial charge in [-0.3, -0.25) is 4.68 Å². The van der Waals surface area contributed by atoms with Gasteiger partial charge in [-0.05, 0) is 49.4 Å². The van der Waals surface area contributed by atoms with Gasteiger partial charge in [0.05, 0.1) is 6.54 Å². The zero-order chi connectivity index (χ0) is 13.8. The lowest BCUT2D eigenvalue weighted by molar-refractivity contribution is 0.482. The number of anilines is 1. The summed E-state index contributed by atoms with van der Waals surface area (Å²) in [5.41, 5.74) is 2.52. The van der Waals surface area contributed by atoms with Crippen LogP contribution in [0.4, 0.5) is 5.69 Å². The van der Waals surface area contributed by atoms with E-state index >= 15 is 0 Å². The second-order valence-electron chi connectivity index (χ2n) is 5.88. The number of aromatic nitrogens is 2. The molecule has 1 fully saturated rings. The molecule has 1 saturated carbocycles. The second-order valence-corrected chi connectivity index (χ2v) is 5.88. The Labute approximate surface area is 121 Å². The van der Waals surface area contributed by atoms with E-state index in [2.05, 4.69) is 41.6 Å². The molecule has 0 aliphatic heterocycles. The third kappa shape index (κ3) is 3.21. The van der Waals surface area contributed by atoms with Crippen molar-refractivity contribution in [3.05, 3.63) is 48.3 Å². The van der Waals surface area contributed by atoms with Crippen LogP contribution in [0, 0.1) is 5.92 Å². The largest absolute Gasteiger partial charge is 0.382 e. The fourth-order valence-electron chi connectivity index (χ4n) is 3.13. The van der Waals surface area contributed by atoms with Crippen molar-refractivity contribution in [3.8, 4) is 0 Å². The van der Waals surface area contributed by atoms with E-state index in [-0.39, 0.29) is 0 Å². The first-order valence-corrected chi connectivity index (χ1v) is 7.64. The van der Waals surface area contributed by atoms with Gasteiger partial charge in [0.15, 0.2) is 0 Å². The van der Waals surface area contributed by atoms with E-state index in [0.717, 1.165) is 12.5 Å². The van der Waals surface area contributed by atoms with E-state index in [1.807, 2.05) is 23.1 Å². The summed E-state index contributed by atoms with van der Waals surface area (Å²) in [6.45, 7) is 3.15. The lowest BCUT2D eigenvalue weighted by Crippen LogP contribution is -2.23. The summed E-state index contributed by atoms with van der Waals surface area (Å²) < 4.78 is 1.95. The number of hydrogen-bond donors (Lipinski definition) is 1. The number of hydrogen-bond acceptors (Lipinski definition) is 2. The molecule has 1 heterocycles. The first kappa shape index (κ1) is 13.2. The Hall–Kier alpha value is -1.77. The molecule has 1 aromatic heterocycles. The van der Waals surface area contributed by atoms with Crippen molar-refractivity contribution >= 4 is 5.69 Å². The molecule has 1 atom stereocenters. The van der Waals surface area contributed by atoms with Crippen LogP contribution in [0.15, 0.2) is 42.7 Å². The fraction of sp³-hybridized carbons (Fsp3) is 0.471. The minimum atomic E-state index is 0.578. The van der Waals surface area contributed by atoms with Crippen LogP contribution in [0.3, 0.4) is 0 Å². The van der Waals surface area contributed by atoms with Gasteiger partial charge in [0.1, 0.15) is 0 Å². The van der Waals surface area contributed by atoms with E-state index in [0.29, 0.717) is 6.04 Å². The molecule has 1 aromatic carbocycles. The minimum absolute atomic E-state index is 0.578. The van der Waals surface area contributed by atoms with Gasteiger partial charge >= 0.3 is 0 Å². The van der Waals surface area contributed by atoms with Gasteiger partial charge in [0.2, 0.25) is 0 Å². The first-order chi connectivity index (χ1) is 9.81. The zero-order valence-corrected chi connectivity index (χ0v) is 12.1. The van der Waals surface area contributed by atoms with Crippen molar-refractivity contribution in [1.29, 1.82) is 0 Å². The van der Waals surface area contributed by atoms with Gasteiger partial charge in [-0.1, -0.05) is 25.0 Å². The van der Waals surface area contributed by atoms with Gasteiger partial charge in [-0.15, -0.1) is 0 Å². The highest BCUT2D eigenvalue weighted by atomic mass is 15.3.